The Labute approximate surface area is 277 Å². The number of carbonyl (C=O) groups excluding carboxylic acids is 3. The molecule has 2 unspecified atom stereocenters. The number of hydrogen-bond acceptors (Lipinski definition) is 12. The summed E-state index contributed by atoms with van der Waals surface area (Å²) >= 11 is 0. The van der Waals surface area contributed by atoms with Crippen LogP contribution in [0.15, 0.2) is 66.9 Å². The number of nitrogens with zero attached hydrogens (tertiary/aromatic N) is 3. The molecule has 2 aromatic carbocycles. The molecule has 254 valence electrons. The summed E-state index contributed by atoms with van der Waals surface area (Å²) < 4.78 is 39.7. The van der Waals surface area contributed by atoms with Gasteiger partial charge >= 0.3 is 19.9 Å². The van der Waals surface area contributed by atoms with Crippen molar-refractivity contribution in [1.82, 2.24) is 19.9 Å². The van der Waals surface area contributed by atoms with Gasteiger partial charge in [-0.15, -0.1) is 0 Å². The number of aliphatic hydroxyl groups is 1. The molecule has 0 aliphatic rings. The molecule has 1 amide bonds. The van der Waals surface area contributed by atoms with Gasteiger partial charge in [0.15, 0.2) is 0 Å². The largest absolute Gasteiger partial charge is 0.510 e. The Morgan fingerprint density at radius 1 is 0.979 bits per heavy atom. The van der Waals surface area contributed by atoms with Crippen LogP contribution in [-0.4, -0.2) is 75.8 Å². The van der Waals surface area contributed by atoms with E-state index in [9.17, 15) is 24.1 Å². The summed E-state index contributed by atoms with van der Waals surface area (Å²) in [6.07, 6.45) is 2.89. The molecule has 2 N–H and O–H groups in total. The Morgan fingerprint density at radius 2 is 1.71 bits per heavy atom. The lowest BCUT2D eigenvalue weighted by Crippen LogP contribution is -2.28. The minimum absolute atomic E-state index is 0.197. The lowest BCUT2D eigenvalue weighted by atomic mass is 9.98. The highest BCUT2D eigenvalue weighted by molar-refractivity contribution is 7.52. The van der Waals surface area contributed by atoms with Crippen LogP contribution in [0.4, 0.5) is 4.79 Å². The van der Waals surface area contributed by atoms with Crippen LogP contribution >= 0.6 is 7.75 Å². The molecule has 48 heavy (non-hydrogen) atoms. The zero-order valence-electron chi connectivity index (χ0n) is 26.9. The van der Waals surface area contributed by atoms with Crippen molar-refractivity contribution in [2.45, 2.75) is 45.8 Å². The van der Waals surface area contributed by atoms with Crippen LogP contribution in [-0.2, 0) is 39.0 Å². The number of aromatic amines is 1. The van der Waals surface area contributed by atoms with Crippen LogP contribution in [0.5, 0.6) is 0 Å². The highest BCUT2D eigenvalue weighted by Gasteiger charge is 2.37. The molecule has 14 nitrogen and oxygen atoms in total. The van der Waals surface area contributed by atoms with E-state index >= 15 is 0 Å². The van der Waals surface area contributed by atoms with Gasteiger partial charge in [-0.25, -0.2) is 14.0 Å². The standard InChI is InChI=1S/C33H37N4O10P/c1-22(2)47-33(41)44-21-46-48(42,45-20-43-31(39)17-23(3)38)37(4)32(40)27-11-6-5-9-25(27)18-24-12-14-28-29(35-36-30(28)19-24)15-13-26-10-7-8-16-34-26/h5-16,19,22-23,38H,17-18,20-21H2,1-4H3,(H,35,36)/b15-13+. The lowest BCUT2D eigenvalue weighted by molar-refractivity contribution is -0.152. The van der Waals surface area contributed by atoms with Crippen molar-refractivity contribution in [3.05, 3.63) is 94.9 Å². The van der Waals surface area contributed by atoms with E-state index in [2.05, 4.69) is 15.2 Å². The quantitative estimate of drug-likeness (QED) is 0.0887. The molecule has 0 fully saturated rings. The van der Waals surface area contributed by atoms with Crippen molar-refractivity contribution < 1.29 is 47.3 Å². The maximum absolute atomic E-state index is 13.9. The first kappa shape index (κ1) is 36.0. The van der Waals surface area contributed by atoms with Crippen LogP contribution in [0.25, 0.3) is 23.1 Å². The topological polar surface area (TPSA) is 179 Å². The molecule has 2 heterocycles. The average Bonchev–Trinajstić information content (AvgIpc) is 3.45. The number of H-pyrrole nitrogens is 1. The first-order valence-corrected chi connectivity index (χ1v) is 16.4. The summed E-state index contributed by atoms with van der Waals surface area (Å²) in [6, 6.07) is 18.2. The second-order valence-corrected chi connectivity index (χ2v) is 12.9. The molecule has 4 aromatic rings. The van der Waals surface area contributed by atoms with Gasteiger partial charge in [0.1, 0.15) is 0 Å². The number of aromatic nitrogens is 3. The van der Waals surface area contributed by atoms with Crippen LogP contribution in [0.1, 0.15) is 60.1 Å². The van der Waals surface area contributed by atoms with E-state index in [4.69, 9.17) is 23.3 Å². The summed E-state index contributed by atoms with van der Waals surface area (Å²) in [6.45, 7) is 2.83. The Kier molecular flexibility index (Phi) is 12.6. The van der Waals surface area contributed by atoms with Crippen LogP contribution in [0.2, 0.25) is 0 Å². The molecular weight excluding hydrogens is 643 g/mol. The molecule has 15 heteroatoms. The highest BCUT2D eigenvalue weighted by atomic mass is 31.2. The Morgan fingerprint density at radius 3 is 2.42 bits per heavy atom. The molecule has 0 saturated heterocycles. The van der Waals surface area contributed by atoms with Crippen LogP contribution in [0, 0.1) is 0 Å². The van der Waals surface area contributed by atoms with Crippen molar-refractivity contribution in [3.63, 3.8) is 0 Å². The van der Waals surface area contributed by atoms with Gasteiger partial charge in [-0.05, 0) is 74.7 Å². The fourth-order valence-corrected chi connectivity index (χ4v) is 5.51. The van der Waals surface area contributed by atoms with Gasteiger partial charge in [0.25, 0.3) is 5.91 Å². The second-order valence-electron chi connectivity index (χ2n) is 10.8. The third-order valence-electron chi connectivity index (χ3n) is 6.68. The normalized spacial score (nSPS) is 13.3. The number of amides is 1. The van der Waals surface area contributed by atoms with E-state index in [0.29, 0.717) is 12.0 Å². The Balaban J connectivity index is 1.51. The number of hydrogen-bond donors (Lipinski definition) is 2. The molecule has 0 radical (unpaired) electrons. The maximum Gasteiger partial charge on any atom is 0.510 e. The first-order valence-electron chi connectivity index (χ1n) is 14.9. The number of carbonyl (C=O) groups is 3. The number of aliphatic hydroxyl groups excluding tert-OH is 1. The van der Waals surface area contributed by atoms with Gasteiger partial charge in [-0.3, -0.25) is 28.7 Å². The zero-order valence-corrected chi connectivity index (χ0v) is 27.8. The van der Waals surface area contributed by atoms with Crippen LogP contribution in [0.3, 0.4) is 0 Å². The van der Waals surface area contributed by atoms with Gasteiger partial charge in [-0.2, -0.15) is 5.10 Å². The molecular formula is C33H37N4O10P. The number of pyridine rings is 1. The number of rotatable bonds is 15. The number of benzene rings is 2. The Bertz CT molecular complexity index is 1760. The van der Waals surface area contributed by atoms with E-state index in [-0.39, 0.29) is 12.0 Å². The van der Waals surface area contributed by atoms with Gasteiger partial charge < -0.3 is 19.3 Å². The predicted octanol–water partition coefficient (Wildman–Crippen LogP) is 5.72. The molecule has 2 atom stereocenters. The fraction of sp³-hybridized carbons (Fsp3) is 0.303. The molecule has 0 saturated carbocycles. The van der Waals surface area contributed by atoms with E-state index in [1.54, 1.807) is 44.3 Å². The minimum atomic E-state index is -4.59. The number of fused-ring (bicyclic) bond motifs is 1. The third-order valence-corrected chi connectivity index (χ3v) is 8.46. The number of esters is 1. The predicted molar refractivity (Wildman–Crippen MR) is 175 cm³/mol. The average molecular weight is 681 g/mol. The SMILES string of the molecule is CC(O)CC(=O)OCOP(=O)(OCOC(=O)OC(C)C)N(C)C(=O)c1ccccc1Cc1ccc2c(/C=C/c3ccccn3)n[nH]c2c1. The second kappa shape index (κ2) is 16.8. The van der Waals surface area contributed by atoms with Crippen molar-refractivity contribution in [1.29, 1.82) is 0 Å². The van der Waals surface area contributed by atoms with Crippen molar-refractivity contribution in [2.75, 3.05) is 20.6 Å². The van der Waals surface area contributed by atoms with Gasteiger partial charge in [0, 0.05) is 24.2 Å². The summed E-state index contributed by atoms with van der Waals surface area (Å²) in [7, 11) is -3.41. The van der Waals surface area contributed by atoms with Gasteiger partial charge in [-0.1, -0.05) is 36.4 Å². The zero-order chi connectivity index (χ0) is 34.7. The summed E-state index contributed by atoms with van der Waals surface area (Å²) in [5.74, 6) is -1.57. The van der Waals surface area contributed by atoms with Crippen molar-refractivity contribution in [3.8, 4) is 0 Å². The molecule has 0 aliphatic heterocycles. The maximum atomic E-state index is 13.9. The van der Waals surface area contributed by atoms with Crippen molar-refractivity contribution in [2.24, 2.45) is 0 Å². The molecule has 2 aromatic heterocycles. The van der Waals surface area contributed by atoms with Gasteiger partial charge in [0.05, 0.1) is 35.5 Å². The first-order chi connectivity index (χ1) is 22.9. The smallest absolute Gasteiger partial charge is 0.438 e. The van der Waals surface area contributed by atoms with Crippen molar-refractivity contribution >= 4 is 48.8 Å². The number of nitrogens with one attached hydrogen (secondary N) is 1. The molecule has 0 aliphatic carbocycles. The summed E-state index contributed by atoms with van der Waals surface area (Å²) in [5, 5.41) is 17.8. The molecule has 4 rings (SSSR count). The van der Waals surface area contributed by atoms with E-state index in [0.717, 1.165) is 32.5 Å². The molecule has 0 spiro atoms. The fourth-order valence-electron chi connectivity index (χ4n) is 4.39. The summed E-state index contributed by atoms with van der Waals surface area (Å²) in [5.41, 5.74) is 4.01. The summed E-state index contributed by atoms with van der Waals surface area (Å²) in [4.78, 5) is 41.8. The monoisotopic (exact) mass is 680 g/mol. The highest BCUT2D eigenvalue weighted by Crippen LogP contribution is 2.51. The van der Waals surface area contributed by atoms with Crippen LogP contribution < -0.4 is 0 Å². The number of ether oxygens (including phenoxy) is 3. The van der Waals surface area contributed by atoms with E-state index in [1.165, 1.54) is 14.0 Å². The lowest BCUT2D eigenvalue weighted by Gasteiger charge is -2.27. The van der Waals surface area contributed by atoms with E-state index in [1.807, 2.05) is 48.6 Å². The van der Waals surface area contributed by atoms with Gasteiger partial charge in [0.2, 0.25) is 13.6 Å². The Hall–Kier alpha value is -4.88. The minimum Gasteiger partial charge on any atom is -0.438 e. The third kappa shape index (κ3) is 10.1. The van der Waals surface area contributed by atoms with E-state index < -0.39 is 51.6 Å². The molecule has 0 bridgehead atoms.